The van der Waals surface area contributed by atoms with E-state index in [0.717, 1.165) is 12.1 Å². The number of hydrogen-bond donors (Lipinski definition) is 1. The van der Waals surface area contributed by atoms with Gasteiger partial charge in [0.2, 0.25) is 0 Å². The second-order valence-corrected chi connectivity index (χ2v) is 2.76. The molecule has 1 amide bonds. The van der Waals surface area contributed by atoms with Crippen LogP contribution in [0.3, 0.4) is 0 Å². The first-order chi connectivity index (χ1) is 7.63. The summed E-state index contributed by atoms with van der Waals surface area (Å²) in [5.41, 5.74) is 2.39. The van der Waals surface area contributed by atoms with Crippen LogP contribution in [0.25, 0.3) is 0 Å². The lowest BCUT2D eigenvalue weighted by Crippen LogP contribution is -2.18. The summed E-state index contributed by atoms with van der Waals surface area (Å²) < 4.78 is 29.8. The van der Waals surface area contributed by atoms with Crippen LogP contribution in [0, 0.1) is 11.6 Å². The Bertz CT molecular complexity index is 408. The maximum absolute atomic E-state index is 12.7. The van der Waals surface area contributed by atoms with Gasteiger partial charge in [-0.2, -0.15) is 5.10 Å². The minimum atomic E-state index is -0.972. The van der Waals surface area contributed by atoms with Gasteiger partial charge in [-0.05, 0) is 24.6 Å². The molecule has 1 aromatic carbocycles. The Kier molecular flexibility index (Phi) is 4.38. The van der Waals surface area contributed by atoms with Crippen LogP contribution in [-0.4, -0.2) is 18.9 Å². The molecule has 1 rings (SSSR count). The Hall–Kier alpha value is -1.98. The number of nitrogens with zero attached hydrogens (tertiary/aromatic N) is 1. The van der Waals surface area contributed by atoms with Crippen molar-refractivity contribution >= 4 is 12.3 Å². The first-order valence-electron chi connectivity index (χ1n) is 4.54. The first-order valence-corrected chi connectivity index (χ1v) is 4.54. The maximum atomic E-state index is 12.7. The molecular formula is C10H10F2N2O2. The number of benzene rings is 1. The second-order valence-electron chi connectivity index (χ2n) is 2.76. The van der Waals surface area contributed by atoms with Gasteiger partial charge in [-0.3, -0.25) is 0 Å². The van der Waals surface area contributed by atoms with Gasteiger partial charge < -0.3 is 4.74 Å². The number of amides is 1. The van der Waals surface area contributed by atoms with Crippen molar-refractivity contribution in [3.8, 4) is 0 Å². The third-order valence-corrected chi connectivity index (χ3v) is 1.59. The SMILES string of the molecule is CCOC(=O)NN=Cc1ccc(F)c(F)c1. The van der Waals surface area contributed by atoms with Crippen LogP contribution < -0.4 is 5.43 Å². The van der Waals surface area contributed by atoms with Gasteiger partial charge in [0.25, 0.3) is 0 Å². The van der Waals surface area contributed by atoms with Crippen molar-refractivity contribution < 1.29 is 18.3 Å². The van der Waals surface area contributed by atoms with Gasteiger partial charge in [0, 0.05) is 0 Å². The van der Waals surface area contributed by atoms with Crippen LogP contribution in [0.15, 0.2) is 23.3 Å². The van der Waals surface area contributed by atoms with E-state index in [0.29, 0.717) is 5.56 Å². The number of halogens is 2. The van der Waals surface area contributed by atoms with Crippen molar-refractivity contribution in [3.05, 3.63) is 35.4 Å². The van der Waals surface area contributed by atoms with E-state index < -0.39 is 17.7 Å². The van der Waals surface area contributed by atoms with E-state index in [2.05, 4.69) is 15.3 Å². The van der Waals surface area contributed by atoms with Gasteiger partial charge in [0.15, 0.2) is 11.6 Å². The van der Waals surface area contributed by atoms with Crippen molar-refractivity contribution in [2.24, 2.45) is 5.10 Å². The first kappa shape index (κ1) is 12.1. The van der Waals surface area contributed by atoms with E-state index in [1.54, 1.807) is 6.92 Å². The lowest BCUT2D eigenvalue weighted by atomic mass is 10.2. The van der Waals surface area contributed by atoms with Crippen molar-refractivity contribution in [2.45, 2.75) is 6.92 Å². The predicted molar refractivity (Wildman–Crippen MR) is 54.1 cm³/mol. The summed E-state index contributed by atoms with van der Waals surface area (Å²) in [5.74, 6) is -1.91. The van der Waals surface area contributed by atoms with E-state index in [1.807, 2.05) is 0 Å². The molecule has 1 N–H and O–H groups in total. The number of ether oxygens (including phenoxy) is 1. The molecule has 0 aromatic heterocycles. The quantitative estimate of drug-likeness (QED) is 0.635. The number of carbonyl (C=O) groups excluding carboxylic acids is 1. The second kappa shape index (κ2) is 5.79. The molecule has 0 bridgehead atoms. The molecule has 0 aliphatic rings. The summed E-state index contributed by atoms with van der Waals surface area (Å²) >= 11 is 0. The molecule has 6 heteroatoms. The number of carbonyl (C=O) groups is 1. The summed E-state index contributed by atoms with van der Waals surface area (Å²) in [4.78, 5) is 10.8. The van der Waals surface area contributed by atoms with Crippen molar-refractivity contribution in [3.63, 3.8) is 0 Å². The van der Waals surface area contributed by atoms with Gasteiger partial charge in [0.1, 0.15) is 0 Å². The largest absolute Gasteiger partial charge is 0.449 e. The Balaban J connectivity index is 2.56. The van der Waals surface area contributed by atoms with E-state index in [9.17, 15) is 13.6 Å². The average molecular weight is 228 g/mol. The lowest BCUT2D eigenvalue weighted by molar-refractivity contribution is 0.152. The summed E-state index contributed by atoms with van der Waals surface area (Å²) in [6.07, 6.45) is 0.473. The minimum absolute atomic E-state index is 0.229. The molecule has 0 spiro atoms. The normalized spacial score (nSPS) is 10.4. The molecule has 0 heterocycles. The zero-order chi connectivity index (χ0) is 12.0. The fourth-order valence-electron chi connectivity index (χ4n) is 0.916. The van der Waals surface area contributed by atoms with Gasteiger partial charge in [-0.15, -0.1) is 0 Å². The van der Waals surface area contributed by atoms with Crippen LogP contribution in [0.2, 0.25) is 0 Å². The van der Waals surface area contributed by atoms with E-state index >= 15 is 0 Å². The fourth-order valence-corrected chi connectivity index (χ4v) is 0.916. The van der Waals surface area contributed by atoms with Gasteiger partial charge in [-0.1, -0.05) is 6.07 Å². The molecule has 16 heavy (non-hydrogen) atoms. The van der Waals surface area contributed by atoms with Gasteiger partial charge in [0.05, 0.1) is 12.8 Å². The highest BCUT2D eigenvalue weighted by atomic mass is 19.2. The molecule has 0 aliphatic heterocycles. The number of nitrogens with one attached hydrogen (secondary N) is 1. The molecule has 86 valence electrons. The molecule has 4 nitrogen and oxygen atoms in total. The van der Waals surface area contributed by atoms with Crippen LogP contribution >= 0.6 is 0 Å². The average Bonchev–Trinajstić information content (AvgIpc) is 2.24. The summed E-state index contributed by atoms with van der Waals surface area (Å²) in [7, 11) is 0. The van der Waals surface area contributed by atoms with Crippen LogP contribution in [0.5, 0.6) is 0 Å². The van der Waals surface area contributed by atoms with E-state index in [1.165, 1.54) is 12.3 Å². The fraction of sp³-hybridized carbons (Fsp3) is 0.200. The zero-order valence-corrected chi connectivity index (χ0v) is 8.54. The van der Waals surface area contributed by atoms with Crippen LogP contribution in [0.1, 0.15) is 12.5 Å². The Morgan fingerprint density at radius 3 is 2.88 bits per heavy atom. The molecule has 0 fully saturated rings. The van der Waals surface area contributed by atoms with Crippen molar-refractivity contribution in [1.82, 2.24) is 5.43 Å². The van der Waals surface area contributed by atoms with E-state index in [4.69, 9.17) is 0 Å². The highest BCUT2D eigenvalue weighted by Gasteiger charge is 2.00. The van der Waals surface area contributed by atoms with Crippen LogP contribution in [0.4, 0.5) is 13.6 Å². The Morgan fingerprint density at radius 2 is 2.25 bits per heavy atom. The van der Waals surface area contributed by atoms with Crippen molar-refractivity contribution in [1.29, 1.82) is 0 Å². The standard InChI is InChI=1S/C10H10F2N2O2/c1-2-16-10(15)14-13-6-7-3-4-8(11)9(12)5-7/h3-6H,2H2,1H3,(H,14,15). The van der Waals surface area contributed by atoms with Gasteiger partial charge in [-0.25, -0.2) is 19.0 Å². The van der Waals surface area contributed by atoms with Crippen LogP contribution in [-0.2, 0) is 4.74 Å². The summed E-state index contributed by atoms with van der Waals surface area (Å²) in [5, 5.41) is 3.49. The predicted octanol–water partition coefficient (Wildman–Crippen LogP) is 2.04. The monoisotopic (exact) mass is 228 g/mol. The smallest absolute Gasteiger partial charge is 0.427 e. The topological polar surface area (TPSA) is 50.7 Å². The highest BCUT2D eigenvalue weighted by molar-refractivity contribution is 5.80. The van der Waals surface area contributed by atoms with Gasteiger partial charge >= 0.3 is 6.09 Å². The van der Waals surface area contributed by atoms with E-state index in [-0.39, 0.29) is 6.61 Å². The molecule has 0 unspecified atom stereocenters. The maximum Gasteiger partial charge on any atom is 0.427 e. The third kappa shape index (κ3) is 3.64. The zero-order valence-electron chi connectivity index (χ0n) is 8.54. The molecule has 0 saturated carbocycles. The molecule has 1 aromatic rings. The number of hydrogen-bond acceptors (Lipinski definition) is 3. The minimum Gasteiger partial charge on any atom is -0.449 e. The summed E-state index contributed by atoms with van der Waals surface area (Å²) in [6.45, 7) is 1.88. The molecular weight excluding hydrogens is 218 g/mol. The molecule has 0 saturated heterocycles. The van der Waals surface area contributed by atoms with Crippen molar-refractivity contribution in [2.75, 3.05) is 6.61 Å². The molecule has 0 aliphatic carbocycles. The number of rotatable bonds is 3. The molecule has 0 atom stereocenters. The number of hydrazone groups is 1. The Labute approximate surface area is 90.9 Å². The molecule has 0 radical (unpaired) electrons. The lowest BCUT2D eigenvalue weighted by Gasteiger charge is -1.98. The summed E-state index contributed by atoms with van der Waals surface area (Å²) in [6, 6.07) is 3.27. The Morgan fingerprint density at radius 1 is 1.50 bits per heavy atom. The third-order valence-electron chi connectivity index (χ3n) is 1.59. The highest BCUT2D eigenvalue weighted by Crippen LogP contribution is 2.06.